The molecule has 1 aromatic carbocycles. The molecule has 1 heterocycles. The molecular formula is C15H21N. The van der Waals surface area contributed by atoms with E-state index < -0.39 is 0 Å². The van der Waals surface area contributed by atoms with Crippen LogP contribution in [-0.4, -0.2) is 25.0 Å². The Bertz CT molecular complexity index is 353. The van der Waals surface area contributed by atoms with Gasteiger partial charge in [-0.05, 0) is 31.4 Å². The maximum atomic E-state index is 2.49. The fourth-order valence-electron chi connectivity index (χ4n) is 2.52. The first-order chi connectivity index (χ1) is 7.78. The third-order valence-corrected chi connectivity index (χ3v) is 3.29. The molecule has 0 spiro atoms. The van der Waals surface area contributed by atoms with Crippen LogP contribution in [0.5, 0.6) is 0 Å². The van der Waals surface area contributed by atoms with Crippen LogP contribution in [0.1, 0.15) is 18.9 Å². The Hall–Kier alpha value is -1.08. The maximum absolute atomic E-state index is 2.49. The largest absolute Gasteiger partial charge is 0.302 e. The van der Waals surface area contributed by atoms with Crippen molar-refractivity contribution in [1.82, 2.24) is 4.90 Å². The van der Waals surface area contributed by atoms with Crippen molar-refractivity contribution in [2.45, 2.75) is 19.8 Å². The summed E-state index contributed by atoms with van der Waals surface area (Å²) in [5, 5.41) is 0. The Labute approximate surface area is 98.8 Å². The minimum absolute atomic E-state index is 0.691. The quantitative estimate of drug-likeness (QED) is 0.700. The zero-order chi connectivity index (χ0) is 11.4. The van der Waals surface area contributed by atoms with Crippen molar-refractivity contribution >= 4 is 0 Å². The van der Waals surface area contributed by atoms with Crippen molar-refractivity contribution in [3.8, 4) is 0 Å². The molecule has 1 atom stereocenters. The molecule has 1 nitrogen and oxygen atoms in total. The summed E-state index contributed by atoms with van der Waals surface area (Å²) in [6.07, 6.45) is 4.86. The van der Waals surface area contributed by atoms with Gasteiger partial charge < -0.3 is 4.90 Å². The summed E-state index contributed by atoms with van der Waals surface area (Å²) in [6, 6.07) is 10.8. The number of nitrogens with zero attached hydrogens (tertiary/aromatic N) is 1. The molecule has 1 aliphatic heterocycles. The van der Waals surface area contributed by atoms with E-state index in [4.69, 9.17) is 0 Å². The number of likely N-dealkylation sites (N-methyl/N-ethyl adjacent to an activating group) is 1. The van der Waals surface area contributed by atoms with Crippen LogP contribution in [0, 0.1) is 5.92 Å². The van der Waals surface area contributed by atoms with Gasteiger partial charge in [0, 0.05) is 13.1 Å². The minimum Gasteiger partial charge on any atom is -0.302 e. The van der Waals surface area contributed by atoms with Gasteiger partial charge in [0.25, 0.3) is 0 Å². The van der Waals surface area contributed by atoms with Crippen molar-refractivity contribution < 1.29 is 0 Å². The molecule has 1 aromatic rings. The van der Waals surface area contributed by atoms with Crippen LogP contribution < -0.4 is 0 Å². The molecule has 0 amide bonds. The van der Waals surface area contributed by atoms with Gasteiger partial charge in [0.2, 0.25) is 0 Å². The first kappa shape index (κ1) is 11.4. The van der Waals surface area contributed by atoms with Gasteiger partial charge in [0.1, 0.15) is 0 Å². The molecule has 0 saturated carbocycles. The van der Waals surface area contributed by atoms with E-state index in [-0.39, 0.29) is 0 Å². The third-order valence-electron chi connectivity index (χ3n) is 3.29. The standard InChI is InChI=1S/C15H21N/c1-3-13-9-15(12-16(2)11-13)10-14-7-5-4-6-8-14/h4-9,15H,3,10-12H2,1-2H3. The summed E-state index contributed by atoms with van der Waals surface area (Å²) < 4.78 is 0. The second-order valence-electron chi connectivity index (χ2n) is 4.83. The van der Waals surface area contributed by atoms with Crippen LogP contribution in [0.4, 0.5) is 0 Å². The highest BCUT2D eigenvalue weighted by Gasteiger charge is 2.16. The highest BCUT2D eigenvalue weighted by molar-refractivity contribution is 5.19. The van der Waals surface area contributed by atoms with E-state index in [1.165, 1.54) is 24.9 Å². The molecule has 0 aromatic heterocycles. The SMILES string of the molecule is CCC1=CC(Cc2ccccc2)CN(C)C1. The van der Waals surface area contributed by atoms with Crippen molar-refractivity contribution in [3.63, 3.8) is 0 Å². The first-order valence-electron chi connectivity index (χ1n) is 6.20. The van der Waals surface area contributed by atoms with Crippen LogP contribution in [0.25, 0.3) is 0 Å². The van der Waals surface area contributed by atoms with Gasteiger partial charge in [-0.2, -0.15) is 0 Å². The molecular weight excluding hydrogens is 194 g/mol. The second-order valence-corrected chi connectivity index (χ2v) is 4.83. The van der Waals surface area contributed by atoms with Crippen molar-refractivity contribution in [2.75, 3.05) is 20.1 Å². The van der Waals surface area contributed by atoms with E-state index in [2.05, 4.69) is 55.3 Å². The zero-order valence-electron chi connectivity index (χ0n) is 10.3. The Morgan fingerprint density at radius 3 is 2.69 bits per heavy atom. The molecule has 0 aliphatic carbocycles. The molecule has 0 bridgehead atoms. The van der Waals surface area contributed by atoms with Crippen LogP contribution in [0.3, 0.4) is 0 Å². The summed E-state index contributed by atoms with van der Waals surface area (Å²) in [5.41, 5.74) is 3.05. The Morgan fingerprint density at radius 2 is 2.00 bits per heavy atom. The van der Waals surface area contributed by atoms with Crippen molar-refractivity contribution in [1.29, 1.82) is 0 Å². The van der Waals surface area contributed by atoms with E-state index in [1.54, 1.807) is 5.57 Å². The maximum Gasteiger partial charge on any atom is 0.0190 e. The summed E-state index contributed by atoms with van der Waals surface area (Å²) in [5.74, 6) is 0.691. The number of rotatable bonds is 3. The lowest BCUT2D eigenvalue weighted by Crippen LogP contribution is -2.32. The van der Waals surface area contributed by atoms with Crippen molar-refractivity contribution in [2.24, 2.45) is 5.92 Å². The number of hydrogen-bond acceptors (Lipinski definition) is 1. The minimum atomic E-state index is 0.691. The average molecular weight is 215 g/mol. The van der Waals surface area contributed by atoms with Crippen LogP contribution in [0.15, 0.2) is 42.0 Å². The van der Waals surface area contributed by atoms with E-state index >= 15 is 0 Å². The average Bonchev–Trinajstić information content (AvgIpc) is 2.29. The lowest BCUT2D eigenvalue weighted by molar-refractivity contribution is 0.299. The monoisotopic (exact) mass is 215 g/mol. The Morgan fingerprint density at radius 1 is 1.25 bits per heavy atom. The van der Waals surface area contributed by atoms with E-state index in [0.717, 1.165) is 6.54 Å². The van der Waals surface area contributed by atoms with Crippen LogP contribution in [-0.2, 0) is 6.42 Å². The fourth-order valence-corrected chi connectivity index (χ4v) is 2.52. The molecule has 1 unspecified atom stereocenters. The Kier molecular flexibility index (Phi) is 3.79. The van der Waals surface area contributed by atoms with Gasteiger partial charge in [-0.25, -0.2) is 0 Å². The highest BCUT2D eigenvalue weighted by atomic mass is 15.1. The lowest BCUT2D eigenvalue weighted by Gasteiger charge is -2.29. The normalized spacial score (nSPS) is 21.9. The van der Waals surface area contributed by atoms with E-state index in [1.807, 2.05) is 0 Å². The summed E-state index contributed by atoms with van der Waals surface area (Å²) >= 11 is 0. The topological polar surface area (TPSA) is 3.24 Å². The summed E-state index contributed by atoms with van der Waals surface area (Å²) in [4.78, 5) is 2.44. The van der Waals surface area contributed by atoms with Gasteiger partial charge in [-0.1, -0.05) is 48.9 Å². The molecule has 2 rings (SSSR count). The van der Waals surface area contributed by atoms with Gasteiger partial charge in [-0.3, -0.25) is 0 Å². The van der Waals surface area contributed by atoms with Crippen LogP contribution in [0.2, 0.25) is 0 Å². The smallest absolute Gasteiger partial charge is 0.0190 e. The first-order valence-corrected chi connectivity index (χ1v) is 6.20. The fraction of sp³-hybridized carbons (Fsp3) is 0.467. The van der Waals surface area contributed by atoms with Gasteiger partial charge >= 0.3 is 0 Å². The lowest BCUT2D eigenvalue weighted by atomic mass is 9.92. The molecule has 0 saturated heterocycles. The molecule has 86 valence electrons. The van der Waals surface area contributed by atoms with E-state index in [9.17, 15) is 0 Å². The molecule has 16 heavy (non-hydrogen) atoms. The molecule has 0 fully saturated rings. The molecule has 0 radical (unpaired) electrons. The summed E-state index contributed by atoms with van der Waals surface area (Å²) in [7, 11) is 2.22. The van der Waals surface area contributed by atoms with Gasteiger partial charge in [0.05, 0.1) is 0 Å². The number of hydrogen-bond donors (Lipinski definition) is 0. The highest BCUT2D eigenvalue weighted by Crippen LogP contribution is 2.19. The van der Waals surface area contributed by atoms with Crippen LogP contribution >= 0.6 is 0 Å². The summed E-state index contributed by atoms with van der Waals surface area (Å²) in [6.45, 7) is 4.60. The Balaban J connectivity index is 2.04. The third kappa shape index (κ3) is 2.96. The molecule has 1 aliphatic rings. The predicted molar refractivity (Wildman–Crippen MR) is 69.5 cm³/mol. The van der Waals surface area contributed by atoms with Gasteiger partial charge in [-0.15, -0.1) is 0 Å². The van der Waals surface area contributed by atoms with E-state index in [0.29, 0.717) is 5.92 Å². The van der Waals surface area contributed by atoms with Gasteiger partial charge in [0.15, 0.2) is 0 Å². The number of benzene rings is 1. The second kappa shape index (κ2) is 5.31. The van der Waals surface area contributed by atoms with Crippen molar-refractivity contribution in [3.05, 3.63) is 47.5 Å². The molecule has 0 N–H and O–H groups in total. The predicted octanol–water partition coefficient (Wildman–Crippen LogP) is 3.13. The molecule has 1 heteroatoms. The zero-order valence-corrected chi connectivity index (χ0v) is 10.3.